The Morgan fingerprint density at radius 3 is 2.53 bits per heavy atom. The van der Waals surface area contributed by atoms with Crippen molar-refractivity contribution in [3.05, 3.63) is 21.7 Å². The van der Waals surface area contributed by atoms with Crippen LogP contribution in [0, 0.1) is 0 Å². The van der Waals surface area contributed by atoms with Crippen LogP contribution in [0.5, 0.6) is 11.5 Å². The minimum Gasteiger partial charge on any atom is -0.493 e. The lowest BCUT2D eigenvalue weighted by Gasteiger charge is -2.30. The van der Waals surface area contributed by atoms with Gasteiger partial charge in [-0.1, -0.05) is 22.9 Å². The topological polar surface area (TPSA) is 44.5 Å². The van der Waals surface area contributed by atoms with Crippen molar-refractivity contribution in [1.29, 1.82) is 0 Å². The first-order valence-corrected chi connectivity index (χ1v) is 6.59. The molecular weight excluding hydrogens is 282 g/mol. The maximum atomic E-state index is 6.22. The smallest absolute Gasteiger partial charge is 0.165 e. The second-order valence-corrected chi connectivity index (χ2v) is 5.36. The van der Waals surface area contributed by atoms with Crippen molar-refractivity contribution in [2.24, 2.45) is 5.73 Å². The third-order valence-corrected chi connectivity index (χ3v) is 4.13. The van der Waals surface area contributed by atoms with Crippen LogP contribution in [-0.4, -0.2) is 14.2 Å². The van der Waals surface area contributed by atoms with Crippen LogP contribution in [0.1, 0.15) is 42.9 Å². The number of rotatable bonds is 2. The van der Waals surface area contributed by atoms with Crippen LogP contribution in [-0.2, 0) is 0 Å². The van der Waals surface area contributed by atoms with Gasteiger partial charge in [0.1, 0.15) is 0 Å². The maximum absolute atomic E-state index is 6.22. The van der Waals surface area contributed by atoms with E-state index in [9.17, 15) is 0 Å². The molecule has 94 valence electrons. The summed E-state index contributed by atoms with van der Waals surface area (Å²) in [4.78, 5) is 0. The van der Waals surface area contributed by atoms with Crippen LogP contribution in [0.4, 0.5) is 0 Å². The normalized spacial score (nSPS) is 23.1. The van der Waals surface area contributed by atoms with Crippen LogP contribution in [0.25, 0.3) is 0 Å². The molecule has 3 nitrogen and oxygen atoms in total. The maximum Gasteiger partial charge on any atom is 0.165 e. The largest absolute Gasteiger partial charge is 0.493 e. The Hall–Kier alpha value is -0.740. The molecule has 1 aliphatic rings. The van der Waals surface area contributed by atoms with Crippen LogP contribution in [0.3, 0.4) is 0 Å². The average Bonchev–Trinajstić information content (AvgIpc) is 2.32. The molecule has 2 N–H and O–H groups in total. The molecule has 0 fully saturated rings. The molecule has 1 aromatic rings. The highest BCUT2D eigenvalue weighted by Crippen LogP contribution is 2.48. The van der Waals surface area contributed by atoms with E-state index in [-0.39, 0.29) is 6.04 Å². The molecule has 2 atom stereocenters. The fourth-order valence-corrected chi connectivity index (χ4v) is 3.40. The van der Waals surface area contributed by atoms with E-state index < -0.39 is 0 Å². The van der Waals surface area contributed by atoms with Crippen LogP contribution in [0.2, 0.25) is 0 Å². The summed E-state index contributed by atoms with van der Waals surface area (Å²) >= 11 is 3.61. The van der Waals surface area contributed by atoms with Gasteiger partial charge in [-0.3, -0.25) is 0 Å². The van der Waals surface area contributed by atoms with Crippen molar-refractivity contribution in [3.8, 4) is 11.5 Å². The first-order valence-electron chi connectivity index (χ1n) is 5.80. The third kappa shape index (κ3) is 2.04. The Labute approximate surface area is 110 Å². The molecule has 0 aliphatic heterocycles. The minimum atomic E-state index is 0.0301. The summed E-state index contributed by atoms with van der Waals surface area (Å²) in [5.41, 5.74) is 8.58. The SMILES string of the molecule is COc1cc(Br)c2c(c1OC)C(N)CCC2C. The number of fused-ring (bicyclic) bond motifs is 1. The monoisotopic (exact) mass is 299 g/mol. The molecule has 0 spiro atoms. The van der Waals surface area contributed by atoms with Crippen molar-refractivity contribution in [2.75, 3.05) is 14.2 Å². The molecule has 0 bridgehead atoms. The molecule has 0 aromatic heterocycles. The number of halogens is 1. The molecule has 0 saturated carbocycles. The zero-order valence-electron chi connectivity index (χ0n) is 10.4. The summed E-state index contributed by atoms with van der Waals surface area (Å²) in [7, 11) is 3.31. The summed E-state index contributed by atoms with van der Waals surface area (Å²) in [5, 5.41) is 0. The Bertz CT molecular complexity index is 434. The number of methoxy groups -OCH3 is 2. The number of ether oxygens (including phenoxy) is 2. The molecule has 2 unspecified atom stereocenters. The summed E-state index contributed by atoms with van der Waals surface area (Å²) in [6.07, 6.45) is 2.10. The van der Waals surface area contributed by atoms with Crippen LogP contribution in [0.15, 0.2) is 10.5 Å². The summed E-state index contributed by atoms with van der Waals surface area (Å²) in [6, 6.07) is 1.99. The molecule has 0 radical (unpaired) electrons. The molecule has 4 heteroatoms. The van der Waals surface area contributed by atoms with Gasteiger partial charge in [0.25, 0.3) is 0 Å². The number of nitrogens with two attached hydrogens (primary N) is 1. The molecule has 17 heavy (non-hydrogen) atoms. The molecule has 2 rings (SSSR count). The van der Waals surface area contributed by atoms with Gasteiger partial charge in [-0.25, -0.2) is 0 Å². The summed E-state index contributed by atoms with van der Waals surface area (Å²) in [6.45, 7) is 2.22. The van der Waals surface area contributed by atoms with Crippen molar-refractivity contribution in [1.82, 2.24) is 0 Å². The Morgan fingerprint density at radius 2 is 1.94 bits per heavy atom. The zero-order chi connectivity index (χ0) is 12.6. The highest BCUT2D eigenvalue weighted by atomic mass is 79.9. The van der Waals surface area contributed by atoms with Crippen molar-refractivity contribution >= 4 is 15.9 Å². The minimum absolute atomic E-state index is 0.0301. The standard InChI is InChI=1S/C13H18BrNO2/c1-7-4-5-9(15)12-11(7)8(14)6-10(16-2)13(12)17-3/h6-7,9H,4-5,15H2,1-3H3. The van der Waals surface area contributed by atoms with Crippen molar-refractivity contribution in [3.63, 3.8) is 0 Å². The van der Waals surface area contributed by atoms with Gasteiger partial charge in [-0.2, -0.15) is 0 Å². The van der Waals surface area contributed by atoms with E-state index in [0.717, 1.165) is 34.4 Å². The van der Waals surface area contributed by atoms with Gasteiger partial charge in [-0.05, 0) is 30.4 Å². The van der Waals surface area contributed by atoms with Gasteiger partial charge in [0, 0.05) is 16.1 Å². The molecule has 0 amide bonds. The molecule has 1 aliphatic carbocycles. The highest BCUT2D eigenvalue weighted by molar-refractivity contribution is 9.10. The van der Waals surface area contributed by atoms with E-state index in [1.165, 1.54) is 5.56 Å². The Morgan fingerprint density at radius 1 is 1.24 bits per heavy atom. The van der Waals surface area contributed by atoms with Gasteiger partial charge >= 0.3 is 0 Å². The second-order valence-electron chi connectivity index (χ2n) is 4.51. The third-order valence-electron chi connectivity index (χ3n) is 3.47. The fourth-order valence-electron chi connectivity index (χ4n) is 2.59. The van der Waals surface area contributed by atoms with E-state index in [0.29, 0.717) is 5.92 Å². The van der Waals surface area contributed by atoms with Gasteiger partial charge in [0.05, 0.1) is 14.2 Å². The van der Waals surface area contributed by atoms with E-state index in [2.05, 4.69) is 22.9 Å². The number of hydrogen-bond acceptors (Lipinski definition) is 3. The van der Waals surface area contributed by atoms with E-state index in [4.69, 9.17) is 15.2 Å². The van der Waals surface area contributed by atoms with Crippen molar-refractivity contribution in [2.45, 2.75) is 31.7 Å². The predicted molar refractivity (Wildman–Crippen MR) is 71.8 cm³/mol. The molecule has 1 aromatic carbocycles. The van der Waals surface area contributed by atoms with Gasteiger partial charge in [-0.15, -0.1) is 0 Å². The Kier molecular flexibility index (Phi) is 3.64. The van der Waals surface area contributed by atoms with E-state index in [1.54, 1.807) is 14.2 Å². The van der Waals surface area contributed by atoms with E-state index in [1.807, 2.05) is 6.07 Å². The van der Waals surface area contributed by atoms with Gasteiger partial charge in [0.2, 0.25) is 0 Å². The van der Waals surface area contributed by atoms with Gasteiger partial charge < -0.3 is 15.2 Å². The molecular formula is C13H18BrNO2. The fraction of sp³-hybridized carbons (Fsp3) is 0.538. The molecule has 0 heterocycles. The highest BCUT2D eigenvalue weighted by Gasteiger charge is 2.30. The van der Waals surface area contributed by atoms with Gasteiger partial charge in [0.15, 0.2) is 11.5 Å². The lowest BCUT2D eigenvalue weighted by molar-refractivity contribution is 0.343. The zero-order valence-corrected chi connectivity index (χ0v) is 12.0. The van der Waals surface area contributed by atoms with Crippen LogP contribution < -0.4 is 15.2 Å². The summed E-state index contributed by atoms with van der Waals surface area (Å²) in [5.74, 6) is 2.02. The first kappa shape index (κ1) is 12.7. The number of benzene rings is 1. The van der Waals surface area contributed by atoms with Crippen LogP contribution >= 0.6 is 15.9 Å². The Balaban J connectivity index is 2.70. The van der Waals surface area contributed by atoms with Crippen molar-refractivity contribution < 1.29 is 9.47 Å². The summed E-state index contributed by atoms with van der Waals surface area (Å²) < 4.78 is 11.9. The molecule has 0 saturated heterocycles. The van der Waals surface area contributed by atoms with E-state index >= 15 is 0 Å². The predicted octanol–water partition coefficient (Wildman–Crippen LogP) is 3.36. The lowest BCUT2D eigenvalue weighted by Crippen LogP contribution is -2.21. The lowest BCUT2D eigenvalue weighted by atomic mass is 9.80. The quantitative estimate of drug-likeness (QED) is 0.911. The second kappa shape index (κ2) is 4.86. The number of hydrogen-bond donors (Lipinski definition) is 1. The average molecular weight is 300 g/mol. The first-order chi connectivity index (χ1) is 8.10.